The minimum absolute atomic E-state index is 0.00138. The Balaban J connectivity index is 1.17. The first-order valence-corrected chi connectivity index (χ1v) is 14.3. The molecule has 2 aromatic carbocycles. The van der Waals surface area contributed by atoms with Crippen molar-refractivity contribution in [2.45, 2.75) is 44.2 Å². The van der Waals surface area contributed by atoms with Gasteiger partial charge < -0.3 is 25.6 Å². The minimum atomic E-state index is -2.79. The van der Waals surface area contributed by atoms with Crippen LogP contribution in [0.3, 0.4) is 0 Å². The molecule has 13 heteroatoms. The number of ether oxygens (including phenoxy) is 1. The molecule has 3 N–H and O–H groups in total. The van der Waals surface area contributed by atoms with E-state index in [4.69, 9.17) is 20.0 Å². The maximum Gasteiger partial charge on any atom is 0.319 e. The number of hydrogen-bond donors (Lipinski definition) is 3. The van der Waals surface area contributed by atoms with Gasteiger partial charge in [0.25, 0.3) is 6.43 Å². The number of nitriles is 1. The molecule has 4 aromatic rings. The number of amides is 2. The van der Waals surface area contributed by atoms with Crippen LogP contribution in [0.1, 0.15) is 43.5 Å². The average molecular weight is 588 g/mol. The molecule has 1 saturated heterocycles. The molecular formula is C30H31F2N9O2. The summed E-state index contributed by atoms with van der Waals surface area (Å²) in [7, 11) is 0. The minimum Gasteiger partial charge on any atom is -0.378 e. The number of nitrogens with zero attached hydrogens (tertiary/aromatic N) is 6. The van der Waals surface area contributed by atoms with E-state index in [1.54, 1.807) is 54.6 Å². The number of nitrogens with one attached hydrogen (secondary N) is 3. The van der Waals surface area contributed by atoms with Crippen molar-refractivity contribution < 1.29 is 18.3 Å². The van der Waals surface area contributed by atoms with Crippen LogP contribution in [0.5, 0.6) is 0 Å². The number of imidazole rings is 1. The van der Waals surface area contributed by atoms with Crippen LogP contribution in [0.2, 0.25) is 0 Å². The first-order chi connectivity index (χ1) is 21.0. The molecule has 2 amide bonds. The molecule has 11 nitrogen and oxygen atoms in total. The third-order valence-electron chi connectivity index (χ3n) is 7.71. The number of urea groups is 1. The van der Waals surface area contributed by atoms with Gasteiger partial charge in [0.1, 0.15) is 11.6 Å². The topological polar surface area (TPSA) is 133 Å². The summed E-state index contributed by atoms with van der Waals surface area (Å²) >= 11 is 0. The van der Waals surface area contributed by atoms with Crippen LogP contribution in [0, 0.1) is 11.3 Å². The Morgan fingerprint density at radius 2 is 1.65 bits per heavy atom. The standard InChI is InChI=1S/C30H31F2N9O2/c31-27(32)28-37-23-3-1-2-4-24(23)41(28)26-17-25(40-13-15-43-16-14-40)38-29(39-26)34-20-9-11-22(12-10-20)36-30(42)35-21-7-5-19(18-33)6-8-21/h1-8,17,20,22,27H,9-16H2,(H,34,38,39)(H2,35,36,42)/t20-,22-. The molecule has 0 unspecified atom stereocenters. The third-order valence-corrected chi connectivity index (χ3v) is 7.71. The van der Waals surface area contributed by atoms with Crippen molar-refractivity contribution in [2.75, 3.05) is 41.8 Å². The van der Waals surface area contributed by atoms with E-state index in [2.05, 4.69) is 31.9 Å². The number of para-hydroxylation sites is 2. The fourth-order valence-corrected chi connectivity index (χ4v) is 5.53. The quantitative estimate of drug-likeness (QED) is 0.275. The maximum atomic E-state index is 14.1. The molecule has 2 aliphatic rings. The second-order valence-corrected chi connectivity index (χ2v) is 10.6. The van der Waals surface area contributed by atoms with Crippen LogP contribution in [0.15, 0.2) is 54.6 Å². The van der Waals surface area contributed by atoms with Crippen molar-refractivity contribution in [3.05, 3.63) is 66.0 Å². The Bertz CT molecular complexity index is 1620. The summed E-state index contributed by atoms with van der Waals surface area (Å²) in [6, 6.07) is 17.2. The smallest absolute Gasteiger partial charge is 0.319 e. The number of halogens is 2. The first-order valence-electron chi connectivity index (χ1n) is 14.3. The second kappa shape index (κ2) is 12.6. The molecular weight excluding hydrogens is 556 g/mol. The van der Waals surface area contributed by atoms with Gasteiger partial charge in [-0.3, -0.25) is 4.57 Å². The van der Waals surface area contributed by atoms with Gasteiger partial charge in [0, 0.05) is 36.9 Å². The largest absolute Gasteiger partial charge is 0.378 e. The van der Waals surface area contributed by atoms with Gasteiger partial charge in [0.15, 0.2) is 5.82 Å². The van der Waals surface area contributed by atoms with Crippen LogP contribution >= 0.6 is 0 Å². The van der Waals surface area contributed by atoms with Crippen LogP contribution < -0.4 is 20.9 Å². The number of fused-ring (bicyclic) bond motifs is 1. The Morgan fingerprint density at radius 1 is 0.953 bits per heavy atom. The fraction of sp³-hybridized carbons (Fsp3) is 0.367. The van der Waals surface area contributed by atoms with Gasteiger partial charge in [0.05, 0.1) is 35.9 Å². The highest BCUT2D eigenvalue weighted by Gasteiger charge is 2.26. The zero-order valence-corrected chi connectivity index (χ0v) is 23.3. The molecule has 3 heterocycles. The van der Waals surface area contributed by atoms with E-state index in [9.17, 15) is 13.6 Å². The highest BCUT2D eigenvalue weighted by Crippen LogP contribution is 2.30. The Hall–Kier alpha value is -4.83. The molecule has 0 spiro atoms. The van der Waals surface area contributed by atoms with Crippen LogP contribution in [0.4, 0.5) is 31.0 Å². The molecule has 1 saturated carbocycles. The molecule has 1 aliphatic carbocycles. The summed E-state index contributed by atoms with van der Waals surface area (Å²) in [5, 5.41) is 18.2. The summed E-state index contributed by atoms with van der Waals surface area (Å²) in [4.78, 5) is 28.2. The fourth-order valence-electron chi connectivity index (χ4n) is 5.53. The van der Waals surface area contributed by atoms with E-state index in [1.165, 1.54) is 4.57 Å². The number of anilines is 3. The van der Waals surface area contributed by atoms with Crippen molar-refractivity contribution in [2.24, 2.45) is 0 Å². The number of rotatable bonds is 7. The van der Waals surface area contributed by atoms with Gasteiger partial charge in [-0.05, 0) is 62.1 Å². The highest BCUT2D eigenvalue weighted by molar-refractivity contribution is 5.89. The zero-order valence-electron chi connectivity index (χ0n) is 23.3. The number of carbonyl (C=O) groups excluding carboxylic acids is 1. The van der Waals surface area contributed by atoms with E-state index in [0.29, 0.717) is 66.2 Å². The van der Waals surface area contributed by atoms with Gasteiger partial charge in [-0.2, -0.15) is 15.2 Å². The van der Waals surface area contributed by atoms with Gasteiger partial charge in [0.2, 0.25) is 5.95 Å². The Kier molecular flexibility index (Phi) is 8.28. The van der Waals surface area contributed by atoms with E-state index in [0.717, 1.165) is 25.7 Å². The lowest BCUT2D eigenvalue weighted by Crippen LogP contribution is -2.42. The van der Waals surface area contributed by atoms with Crippen LogP contribution in [-0.2, 0) is 4.74 Å². The maximum absolute atomic E-state index is 14.1. The predicted molar refractivity (Wildman–Crippen MR) is 158 cm³/mol. The van der Waals surface area contributed by atoms with E-state index < -0.39 is 6.43 Å². The lowest BCUT2D eigenvalue weighted by atomic mass is 9.91. The number of alkyl halides is 2. The van der Waals surface area contributed by atoms with E-state index in [1.807, 2.05) is 0 Å². The first kappa shape index (κ1) is 28.3. The predicted octanol–water partition coefficient (Wildman–Crippen LogP) is 5.01. The monoisotopic (exact) mass is 587 g/mol. The number of aromatic nitrogens is 4. The number of morpholine rings is 1. The van der Waals surface area contributed by atoms with Crippen LogP contribution in [0.25, 0.3) is 16.9 Å². The van der Waals surface area contributed by atoms with E-state index in [-0.39, 0.29) is 23.9 Å². The summed E-state index contributed by atoms with van der Waals surface area (Å²) in [6.45, 7) is 2.36. The summed E-state index contributed by atoms with van der Waals surface area (Å²) in [5.41, 5.74) is 2.14. The summed E-state index contributed by atoms with van der Waals surface area (Å²) in [6.07, 6.45) is 0.228. The lowest BCUT2D eigenvalue weighted by molar-refractivity contribution is 0.122. The van der Waals surface area contributed by atoms with E-state index >= 15 is 0 Å². The van der Waals surface area contributed by atoms with Gasteiger partial charge in [-0.15, -0.1) is 0 Å². The number of carbonyl (C=O) groups is 1. The van der Waals surface area contributed by atoms with Crippen molar-refractivity contribution in [3.8, 4) is 11.9 Å². The molecule has 222 valence electrons. The Morgan fingerprint density at radius 3 is 2.37 bits per heavy atom. The van der Waals surface area contributed by atoms with Crippen LogP contribution in [-0.4, -0.2) is 63.9 Å². The molecule has 43 heavy (non-hydrogen) atoms. The second-order valence-electron chi connectivity index (χ2n) is 10.6. The molecule has 2 aromatic heterocycles. The SMILES string of the molecule is N#Cc1ccc(NC(=O)N[C@H]2CC[C@H](Nc3nc(N4CCOCC4)cc(-n4c(C(F)F)nc5ccccc54)n3)CC2)cc1. The summed E-state index contributed by atoms with van der Waals surface area (Å²) < 4.78 is 35.2. The van der Waals surface area contributed by atoms with Crippen molar-refractivity contribution in [1.82, 2.24) is 24.8 Å². The molecule has 0 bridgehead atoms. The molecule has 1 aliphatic heterocycles. The zero-order chi connectivity index (χ0) is 29.8. The third kappa shape index (κ3) is 6.49. The lowest BCUT2D eigenvalue weighted by Gasteiger charge is -2.31. The Labute approximate surface area is 246 Å². The molecule has 0 atom stereocenters. The summed E-state index contributed by atoms with van der Waals surface area (Å²) in [5.74, 6) is 0.929. The van der Waals surface area contributed by atoms with Gasteiger partial charge in [-0.1, -0.05) is 12.1 Å². The van der Waals surface area contributed by atoms with Gasteiger partial charge in [-0.25, -0.2) is 18.6 Å². The van der Waals surface area contributed by atoms with Crippen molar-refractivity contribution >= 4 is 34.5 Å². The highest BCUT2D eigenvalue weighted by atomic mass is 19.3. The molecule has 0 radical (unpaired) electrons. The van der Waals surface area contributed by atoms with Crippen molar-refractivity contribution in [1.29, 1.82) is 5.26 Å². The number of benzene rings is 2. The molecule has 2 fully saturated rings. The average Bonchev–Trinajstić information content (AvgIpc) is 3.43. The molecule has 6 rings (SSSR count). The normalized spacial score (nSPS) is 18.8. The van der Waals surface area contributed by atoms with Crippen molar-refractivity contribution in [3.63, 3.8) is 0 Å². The number of hydrogen-bond acceptors (Lipinski definition) is 8. The van der Waals surface area contributed by atoms with Gasteiger partial charge >= 0.3 is 6.03 Å².